The molecule has 3 fully saturated rings. The number of nitrogens with zero attached hydrogens (tertiary/aromatic N) is 1. The number of hydrogen-bond donors (Lipinski definition) is 2. The van der Waals surface area contributed by atoms with E-state index in [2.05, 4.69) is 19.1 Å². The van der Waals surface area contributed by atoms with E-state index >= 15 is 0 Å². The fourth-order valence-corrected chi connectivity index (χ4v) is 10.5. The Morgan fingerprint density at radius 3 is 2.32 bits per heavy atom. The van der Waals surface area contributed by atoms with Crippen molar-refractivity contribution >= 4 is 29.5 Å². The second-order valence-corrected chi connectivity index (χ2v) is 19.4. The van der Waals surface area contributed by atoms with Gasteiger partial charge < -0.3 is 44.2 Å². The highest BCUT2D eigenvalue weighted by Gasteiger charge is 2.56. The van der Waals surface area contributed by atoms with Gasteiger partial charge in [-0.15, -0.1) is 0 Å². The number of fused-ring (bicyclic) bond motifs is 3. The molecule has 1 aromatic rings. The van der Waals surface area contributed by atoms with E-state index in [4.69, 9.17) is 34.2 Å². The van der Waals surface area contributed by atoms with Crippen LogP contribution in [-0.2, 0) is 42.9 Å². The van der Waals surface area contributed by atoms with Gasteiger partial charge in [-0.25, -0.2) is 4.79 Å². The quantitative estimate of drug-likeness (QED) is 0.134. The number of aliphatic hydroxyl groups is 1. The van der Waals surface area contributed by atoms with Crippen molar-refractivity contribution in [2.75, 3.05) is 34.5 Å². The molecule has 5 rings (SSSR count). The molecule has 13 heteroatoms. The van der Waals surface area contributed by atoms with Crippen LogP contribution in [0.3, 0.4) is 0 Å². The minimum atomic E-state index is -2.47. The van der Waals surface area contributed by atoms with E-state index in [1.807, 2.05) is 64.1 Å². The first-order valence-corrected chi connectivity index (χ1v) is 24.1. The number of carbonyl (C=O) groups is 4. The minimum Gasteiger partial charge on any atom is -0.497 e. The normalized spacial score (nSPS) is 36.3. The summed E-state index contributed by atoms with van der Waals surface area (Å²) in [7, 11) is 4.75. The van der Waals surface area contributed by atoms with Crippen molar-refractivity contribution in [3.8, 4) is 5.75 Å². The van der Waals surface area contributed by atoms with Gasteiger partial charge in [-0.1, -0.05) is 69.7 Å². The van der Waals surface area contributed by atoms with Crippen molar-refractivity contribution in [3.05, 3.63) is 59.2 Å². The molecule has 13 unspecified atom stereocenters. The molecule has 0 radical (unpaired) electrons. The van der Waals surface area contributed by atoms with Crippen LogP contribution in [0.5, 0.6) is 5.75 Å². The molecule has 65 heavy (non-hydrogen) atoms. The number of Topliss-reactive ketones (excluding diaryl/α,β-unsaturated/α-hetero) is 2. The number of carbonyl (C=O) groups excluding carboxylic acids is 4. The number of ketones is 2. The van der Waals surface area contributed by atoms with Crippen molar-refractivity contribution in [1.29, 1.82) is 0 Å². The fourth-order valence-electron chi connectivity index (χ4n) is 10.5. The van der Waals surface area contributed by atoms with E-state index in [-0.39, 0.29) is 54.6 Å². The van der Waals surface area contributed by atoms with Gasteiger partial charge in [-0.05, 0) is 125 Å². The average Bonchev–Trinajstić information content (AvgIpc) is 3.30. The number of ether oxygens (including phenoxy) is 6. The summed E-state index contributed by atoms with van der Waals surface area (Å²) in [5, 5.41) is 12.1. The Balaban J connectivity index is 1.42. The fraction of sp³-hybridized carbons (Fsp3) is 0.692. The number of rotatable bonds is 10. The van der Waals surface area contributed by atoms with Gasteiger partial charge in [0.1, 0.15) is 29.8 Å². The molecule has 0 aromatic heterocycles. The first-order chi connectivity index (χ1) is 31.0. The van der Waals surface area contributed by atoms with Gasteiger partial charge in [-0.2, -0.15) is 0 Å². The summed E-state index contributed by atoms with van der Waals surface area (Å²) in [4.78, 5) is 58.4. The van der Waals surface area contributed by atoms with Crippen molar-refractivity contribution in [2.24, 2.45) is 35.3 Å². The van der Waals surface area contributed by atoms with Gasteiger partial charge in [-0.3, -0.25) is 14.4 Å². The molecule has 13 nitrogen and oxygen atoms in total. The Hall–Kier alpha value is -3.72. The SMILES string of the molecule is CCC1/C=C(\C)CC(C)CC(OC)C2OC(O)(C(=O)C(=O)N3CCCCC3C(=O)OC(C(C)=CC3CCC(N)C(OCC=Cc4ccc(OC)cc4)C3)C(C)CCC1=O)C(C)CC2OC. The number of nitrogens with two attached hydrogens (primary N) is 1. The maximum atomic E-state index is 14.5. The van der Waals surface area contributed by atoms with Crippen LogP contribution in [0.4, 0.5) is 0 Å². The minimum absolute atomic E-state index is 0.0836. The third-order valence-corrected chi connectivity index (χ3v) is 14.4. The number of esters is 1. The third-order valence-electron chi connectivity index (χ3n) is 14.4. The van der Waals surface area contributed by atoms with Gasteiger partial charge >= 0.3 is 5.97 Å². The van der Waals surface area contributed by atoms with Gasteiger partial charge in [0.15, 0.2) is 0 Å². The van der Waals surface area contributed by atoms with Gasteiger partial charge in [0.2, 0.25) is 5.79 Å². The number of benzene rings is 1. The summed E-state index contributed by atoms with van der Waals surface area (Å²) in [6.45, 7) is 12.3. The monoisotopic (exact) mass is 907 g/mol. The number of amides is 1. The number of hydrogen-bond acceptors (Lipinski definition) is 12. The number of methoxy groups -OCH3 is 3. The Morgan fingerprint density at radius 2 is 1.65 bits per heavy atom. The molecular formula is C52H78N2O11. The van der Waals surface area contributed by atoms with Crippen molar-refractivity contribution in [2.45, 2.75) is 167 Å². The second kappa shape index (κ2) is 24.3. The summed E-state index contributed by atoms with van der Waals surface area (Å²) in [6.07, 6.45) is 12.1. The molecule has 4 aliphatic rings. The van der Waals surface area contributed by atoms with Crippen LogP contribution in [-0.4, -0.2) is 116 Å². The highest BCUT2D eigenvalue weighted by Crippen LogP contribution is 2.39. The Morgan fingerprint density at radius 1 is 0.938 bits per heavy atom. The highest BCUT2D eigenvalue weighted by molar-refractivity contribution is 6.39. The lowest BCUT2D eigenvalue weighted by molar-refractivity contribution is -0.302. The molecule has 3 heterocycles. The number of piperidine rings is 1. The van der Waals surface area contributed by atoms with Gasteiger partial charge in [0.05, 0.1) is 32.0 Å². The van der Waals surface area contributed by atoms with Crippen molar-refractivity contribution < 1.29 is 52.7 Å². The molecule has 2 saturated heterocycles. The molecule has 2 bridgehead atoms. The largest absolute Gasteiger partial charge is 0.497 e. The Kier molecular flexibility index (Phi) is 19.6. The molecule has 3 N–H and O–H groups in total. The summed E-state index contributed by atoms with van der Waals surface area (Å²) in [5.74, 6) is -5.40. The molecule has 1 amide bonds. The van der Waals surface area contributed by atoms with Crippen LogP contribution in [0.25, 0.3) is 6.08 Å². The van der Waals surface area contributed by atoms with Crippen molar-refractivity contribution in [1.82, 2.24) is 4.90 Å². The summed E-state index contributed by atoms with van der Waals surface area (Å²) < 4.78 is 36.2. The second-order valence-electron chi connectivity index (χ2n) is 19.4. The zero-order valence-electron chi connectivity index (χ0n) is 40.5. The molecular weight excluding hydrogens is 829 g/mol. The summed E-state index contributed by atoms with van der Waals surface area (Å²) >= 11 is 0. The molecule has 1 aromatic carbocycles. The lowest BCUT2D eigenvalue weighted by Crippen LogP contribution is -2.64. The van der Waals surface area contributed by atoms with Crippen LogP contribution in [0.1, 0.15) is 124 Å². The zero-order chi connectivity index (χ0) is 47.4. The van der Waals surface area contributed by atoms with Crippen LogP contribution >= 0.6 is 0 Å². The maximum absolute atomic E-state index is 14.5. The first kappa shape index (κ1) is 52.3. The van der Waals surface area contributed by atoms with Gasteiger partial charge in [0.25, 0.3) is 11.7 Å². The molecule has 0 spiro atoms. The van der Waals surface area contributed by atoms with Crippen LogP contribution < -0.4 is 10.5 Å². The van der Waals surface area contributed by atoms with Crippen molar-refractivity contribution in [3.63, 3.8) is 0 Å². The zero-order valence-corrected chi connectivity index (χ0v) is 40.5. The van der Waals surface area contributed by atoms with Crippen LogP contribution in [0, 0.1) is 29.6 Å². The average molecular weight is 907 g/mol. The topological polar surface area (TPSA) is 173 Å². The van der Waals surface area contributed by atoms with E-state index < -0.39 is 59.8 Å². The Labute approximate surface area is 387 Å². The van der Waals surface area contributed by atoms with E-state index in [0.717, 1.165) is 35.3 Å². The van der Waals surface area contributed by atoms with Crippen LogP contribution in [0.15, 0.2) is 53.6 Å². The van der Waals surface area contributed by atoms with E-state index in [1.165, 1.54) is 4.90 Å². The molecule has 1 saturated carbocycles. The molecule has 13 atom stereocenters. The maximum Gasteiger partial charge on any atom is 0.329 e. The standard InChI is InChI=1S/C52H78N2O11/c1-10-39-27-32(2)26-33(3)28-45(61-8)48-46(62-9)30-36(6)52(59,65-48)49(56)50(57)54-24-12-11-15-42(54)51(58)64-47(34(4)16-23-43(39)55)35(5)29-38-19-22-41(53)44(31-38)63-25-13-14-37-17-20-40(60-7)21-18-37/h13-14,17-18,20-21,27,29,33-34,36,38-39,41-42,44-48,59H,10-12,15-16,19,22-26,28,30-31,53H2,1-9H3/b14-13?,32-27+,35-29?. The van der Waals surface area contributed by atoms with Crippen LogP contribution in [0.2, 0.25) is 0 Å². The third kappa shape index (κ3) is 13.5. The van der Waals surface area contributed by atoms with E-state index in [1.54, 1.807) is 28.3 Å². The summed E-state index contributed by atoms with van der Waals surface area (Å²) in [5.41, 5.74) is 9.55. The first-order valence-electron chi connectivity index (χ1n) is 24.1. The Bertz CT molecular complexity index is 1850. The lowest BCUT2D eigenvalue weighted by Gasteiger charge is -2.47. The molecule has 3 aliphatic heterocycles. The van der Waals surface area contributed by atoms with E-state index in [9.17, 15) is 24.3 Å². The predicted octanol–water partition coefficient (Wildman–Crippen LogP) is 7.56. The highest BCUT2D eigenvalue weighted by atomic mass is 16.7. The van der Waals surface area contributed by atoms with Gasteiger partial charge in [0, 0.05) is 45.1 Å². The molecule has 362 valence electrons. The smallest absolute Gasteiger partial charge is 0.329 e. The predicted molar refractivity (Wildman–Crippen MR) is 250 cm³/mol. The van der Waals surface area contributed by atoms with E-state index in [0.29, 0.717) is 64.4 Å². The number of cyclic esters (lactones) is 1. The lowest BCUT2D eigenvalue weighted by atomic mass is 9.81. The number of allylic oxidation sites excluding steroid dienone is 3. The summed E-state index contributed by atoms with van der Waals surface area (Å²) in [6, 6.07) is 6.62. The molecule has 1 aliphatic carbocycles.